The van der Waals surface area contributed by atoms with Gasteiger partial charge >= 0.3 is 0 Å². The maximum absolute atomic E-state index is 12.4. The lowest BCUT2D eigenvalue weighted by Crippen LogP contribution is -2.21. The lowest BCUT2D eigenvalue weighted by atomic mass is 10.3. The highest BCUT2D eigenvalue weighted by atomic mass is 32.1. The number of imidazole rings is 1. The van der Waals surface area contributed by atoms with Gasteiger partial charge < -0.3 is 9.88 Å². The SMILES string of the molecule is CCn1c(-c2ccc(C(=O)NCc3cccnc3)s2)nc2ccccc21. The minimum absolute atomic E-state index is 0.0794. The first-order valence-corrected chi connectivity index (χ1v) is 9.30. The predicted octanol–water partition coefficient (Wildman–Crippen LogP) is 4.11. The van der Waals surface area contributed by atoms with Crippen molar-refractivity contribution in [3.05, 3.63) is 71.4 Å². The van der Waals surface area contributed by atoms with E-state index in [9.17, 15) is 4.79 Å². The summed E-state index contributed by atoms with van der Waals surface area (Å²) in [5.41, 5.74) is 3.06. The van der Waals surface area contributed by atoms with Crippen molar-refractivity contribution in [2.24, 2.45) is 0 Å². The molecule has 0 saturated heterocycles. The average Bonchev–Trinajstić information content (AvgIpc) is 3.31. The molecule has 4 rings (SSSR count). The van der Waals surface area contributed by atoms with Gasteiger partial charge in [-0.3, -0.25) is 9.78 Å². The summed E-state index contributed by atoms with van der Waals surface area (Å²) in [4.78, 5) is 22.9. The second-order valence-electron chi connectivity index (χ2n) is 5.88. The van der Waals surface area contributed by atoms with Crippen molar-refractivity contribution < 1.29 is 4.79 Å². The molecule has 1 aromatic carbocycles. The van der Waals surface area contributed by atoms with Crippen molar-refractivity contribution in [1.29, 1.82) is 0 Å². The molecule has 6 heteroatoms. The van der Waals surface area contributed by atoms with E-state index in [4.69, 9.17) is 4.98 Å². The molecule has 0 spiro atoms. The van der Waals surface area contributed by atoms with Crippen molar-refractivity contribution in [3.63, 3.8) is 0 Å². The number of hydrogen-bond donors (Lipinski definition) is 1. The van der Waals surface area contributed by atoms with Crippen LogP contribution < -0.4 is 5.32 Å². The number of amides is 1. The van der Waals surface area contributed by atoms with Gasteiger partial charge in [0, 0.05) is 25.5 Å². The molecule has 0 atom stereocenters. The van der Waals surface area contributed by atoms with Crippen LogP contribution in [-0.2, 0) is 13.1 Å². The van der Waals surface area contributed by atoms with E-state index in [1.54, 1.807) is 12.4 Å². The number of carbonyl (C=O) groups is 1. The van der Waals surface area contributed by atoms with Crippen LogP contribution in [0.2, 0.25) is 0 Å². The smallest absolute Gasteiger partial charge is 0.261 e. The molecule has 0 aliphatic rings. The Balaban J connectivity index is 1.57. The number of hydrogen-bond acceptors (Lipinski definition) is 4. The molecule has 1 amide bonds. The molecular weight excluding hydrogens is 344 g/mol. The molecular formula is C20H18N4OS. The Morgan fingerprint density at radius 3 is 2.85 bits per heavy atom. The number of nitrogens with zero attached hydrogens (tertiary/aromatic N) is 3. The van der Waals surface area contributed by atoms with Crippen LogP contribution in [0.3, 0.4) is 0 Å². The summed E-state index contributed by atoms with van der Waals surface area (Å²) in [7, 11) is 0. The molecule has 0 saturated carbocycles. The molecule has 26 heavy (non-hydrogen) atoms. The first-order chi connectivity index (χ1) is 12.8. The Kier molecular flexibility index (Phi) is 4.50. The van der Waals surface area contributed by atoms with Crippen molar-refractivity contribution in [1.82, 2.24) is 19.9 Å². The molecule has 0 aliphatic carbocycles. The fourth-order valence-electron chi connectivity index (χ4n) is 2.94. The summed E-state index contributed by atoms with van der Waals surface area (Å²) in [6.07, 6.45) is 3.47. The number of fused-ring (bicyclic) bond motifs is 1. The third-order valence-corrected chi connectivity index (χ3v) is 5.28. The van der Waals surface area contributed by atoms with E-state index in [2.05, 4.69) is 27.9 Å². The minimum atomic E-state index is -0.0794. The van der Waals surface area contributed by atoms with Crippen molar-refractivity contribution in [3.8, 4) is 10.7 Å². The Labute approximate surface area is 155 Å². The Bertz CT molecular complexity index is 1050. The zero-order valence-corrected chi connectivity index (χ0v) is 15.2. The van der Waals surface area contributed by atoms with E-state index in [0.717, 1.165) is 33.8 Å². The highest BCUT2D eigenvalue weighted by Gasteiger charge is 2.15. The molecule has 4 aromatic rings. The lowest BCUT2D eigenvalue weighted by molar-refractivity contribution is 0.0955. The summed E-state index contributed by atoms with van der Waals surface area (Å²) in [5.74, 6) is 0.828. The molecule has 5 nitrogen and oxygen atoms in total. The van der Waals surface area contributed by atoms with Gasteiger partial charge in [-0.05, 0) is 42.8 Å². The third kappa shape index (κ3) is 3.11. The van der Waals surface area contributed by atoms with E-state index in [1.807, 2.05) is 42.5 Å². The van der Waals surface area contributed by atoms with Gasteiger partial charge in [-0.1, -0.05) is 18.2 Å². The first-order valence-electron chi connectivity index (χ1n) is 8.49. The van der Waals surface area contributed by atoms with Gasteiger partial charge in [-0.2, -0.15) is 0 Å². The number of nitrogens with one attached hydrogen (secondary N) is 1. The highest BCUT2D eigenvalue weighted by molar-refractivity contribution is 7.17. The molecule has 3 aromatic heterocycles. The maximum atomic E-state index is 12.4. The average molecular weight is 362 g/mol. The normalized spacial score (nSPS) is 11.0. The molecule has 0 aliphatic heterocycles. The van der Waals surface area contributed by atoms with Gasteiger partial charge in [0.15, 0.2) is 5.82 Å². The Hall–Kier alpha value is -2.99. The maximum Gasteiger partial charge on any atom is 0.261 e. The van der Waals surface area contributed by atoms with Crippen LogP contribution in [-0.4, -0.2) is 20.4 Å². The third-order valence-electron chi connectivity index (χ3n) is 4.20. The van der Waals surface area contributed by atoms with Gasteiger partial charge in [0.1, 0.15) is 0 Å². The predicted molar refractivity (Wildman–Crippen MR) is 104 cm³/mol. The number of para-hydroxylation sites is 2. The van der Waals surface area contributed by atoms with Gasteiger partial charge in [0.2, 0.25) is 0 Å². The van der Waals surface area contributed by atoms with E-state index in [1.165, 1.54) is 11.3 Å². The van der Waals surface area contributed by atoms with Crippen LogP contribution in [0.25, 0.3) is 21.7 Å². The van der Waals surface area contributed by atoms with Crippen molar-refractivity contribution >= 4 is 28.3 Å². The summed E-state index contributed by atoms with van der Waals surface area (Å²) >= 11 is 1.46. The molecule has 3 heterocycles. The monoisotopic (exact) mass is 362 g/mol. The molecule has 0 unspecified atom stereocenters. The molecule has 1 N–H and O–H groups in total. The van der Waals surface area contributed by atoms with Gasteiger partial charge in [0.25, 0.3) is 5.91 Å². The van der Waals surface area contributed by atoms with Crippen molar-refractivity contribution in [2.45, 2.75) is 20.0 Å². The van der Waals surface area contributed by atoms with E-state index in [0.29, 0.717) is 11.4 Å². The zero-order chi connectivity index (χ0) is 17.9. The molecule has 130 valence electrons. The molecule has 0 bridgehead atoms. The number of pyridine rings is 1. The van der Waals surface area contributed by atoms with Crippen LogP contribution in [0.5, 0.6) is 0 Å². The Morgan fingerprint density at radius 1 is 1.15 bits per heavy atom. The summed E-state index contributed by atoms with van der Waals surface area (Å²) in [6, 6.07) is 15.7. The Morgan fingerprint density at radius 2 is 2.04 bits per heavy atom. The second-order valence-corrected chi connectivity index (χ2v) is 6.96. The highest BCUT2D eigenvalue weighted by Crippen LogP contribution is 2.30. The largest absolute Gasteiger partial charge is 0.347 e. The van der Waals surface area contributed by atoms with Crippen molar-refractivity contribution in [2.75, 3.05) is 0 Å². The topological polar surface area (TPSA) is 59.8 Å². The van der Waals surface area contributed by atoms with Crippen LogP contribution in [0.4, 0.5) is 0 Å². The minimum Gasteiger partial charge on any atom is -0.347 e. The van der Waals surface area contributed by atoms with Crippen LogP contribution >= 0.6 is 11.3 Å². The van der Waals surface area contributed by atoms with Gasteiger partial charge in [-0.25, -0.2) is 4.98 Å². The quantitative estimate of drug-likeness (QED) is 0.581. The number of aromatic nitrogens is 3. The fourth-order valence-corrected chi connectivity index (χ4v) is 3.86. The van der Waals surface area contributed by atoms with E-state index >= 15 is 0 Å². The van der Waals surface area contributed by atoms with Crippen LogP contribution in [0.15, 0.2) is 60.9 Å². The second kappa shape index (κ2) is 7.09. The standard InChI is InChI=1S/C20H18N4OS/c1-2-24-16-8-4-3-7-15(16)23-19(24)17-9-10-18(26-17)20(25)22-13-14-6-5-11-21-12-14/h3-12H,2,13H2,1H3,(H,22,25). The van der Waals surface area contributed by atoms with E-state index in [-0.39, 0.29) is 5.91 Å². The van der Waals surface area contributed by atoms with Gasteiger partial charge in [-0.15, -0.1) is 11.3 Å². The zero-order valence-electron chi connectivity index (χ0n) is 14.3. The number of carbonyl (C=O) groups excluding carboxylic acids is 1. The van der Waals surface area contributed by atoms with E-state index < -0.39 is 0 Å². The van der Waals surface area contributed by atoms with Crippen LogP contribution in [0, 0.1) is 0 Å². The summed E-state index contributed by atoms with van der Waals surface area (Å²) < 4.78 is 2.18. The number of thiophene rings is 1. The first kappa shape index (κ1) is 16.5. The summed E-state index contributed by atoms with van der Waals surface area (Å²) in [5, 5.41) is 2.94. The molecule has 0 radical (unpaired) electrons. The number of benzene rings is 1. The molecule has 0 fully saturated rings. The number of rotatable bonds is 5. The lowest BCUT2D eigenvalue weighted by Gasteiger charge is -2.04. The fraction of sp³-hybridized carbons (Fsp3) is 0.150. The summed E-state index contributed by atoms with van der Waals surface area (Å²) in [6.45, 7) is 3.40. The van der Waals surface area contributed by atoms with Crippen LogP contribution in [0.1, 0.15) is 22.2 Å². The van der Waals surface area contributed by atoms with Gasteiger partial charge in [0.05, 0.1) is 20.8 Å². The number of aryl methyl sites for hydroxylation is 1.